The van der Waals surface area contributed by atoms with Crippen LogP contribution in [0.4, 0.5) is 5.69 Å². The van der Waals surface area contributed by atoms with E-state index < -0.39 is 5.97 Å². The van der Waals surface area contributed by atoms with E-state index in [2.05, 4.69) is 18.3 Å². The van der Waals surface area contributed by atoms with Gasteiger partial charge in [-0.1, -0.05) is 23.7 Å². The van der Waals surface area contributed by atoms with Crippen LogP contribution in [0.25, 0.3) is 0 Å². The summed E-state index contributed by atoms with van der Waals surface area (Å²) in [6, 6.07) is 11.9. The molecular weight excluding hydrogens is 346 g/mol. The molecule has 1 heterocycles. The number of benzene rings is 2. The first-order valence-electron chi connectivity index (χ1n) is 9.43. The Morgan fingerprint density at radius 3 is 2.62 bits per heavy atom. The average molecular weight is 368 g/mol. The minimum absolute atomic E-state index is 0.241. The molecule has 3 nitrogen and oxygen atoms in total. The number of carbonyl (C=O) groups is 1. The quantitative estimate of drug-likeness (QED) is 0.721. The van der Waals surface area contributed by atoms with Crippen LogP contribution in [0.3, 0.4) is 0 Å². The molecule has 0 radical (unpaired) electrons. The number of halogens is 1. The van der Waals surface area contributed by atoms with Gasteiger partial charge >= 0.3 is 5.97 Å². The molecule has 5 rings (SSSR count). The van der Waals surface area contributed by atoms with E-state index in [1.807, 2.05) is 18.2 Å². The zero-order valence-corrected chi connectivity index (χ0v) is 15.5. The summed E-state index contributed by atoms with van der Waals surface area (Å²) in [7, 11) is 0. The Balaban J connectivity index is 1.61. The number of carboxylic acid groups (broad SMARTS) is 1. The van der Waals surface area contributed by atoms with Gasteiger partial charge < -0.3 is 10.4 Å². The molecule has 4 heteroatoms. The lowest BCUT2D eigenvalue weighted by atomic mass is 9.67. The van der Waals surface area contributed by atoms with Crippen LogP contribution in [0.1, 0.15) is 58.3 Å². The van der Waals surface area contributed by atoms with E-state index in [1.54, 1.807) is 12.1 Å². The van der Waals surface area contributed by atoms with Crippen molar-refractivity contribution in [2.24, 2.45) is 17.8 Å². The maximum Gasteiger partial charge on any atom is 0.335 e. The first-order valence-corrected chi connectivity index (χ1v) is 9.80. The fourth-order valence-corrected chi connectivity index (χ4v) is 6.18. The molecule has 2 bridgehead atoms. The van der Waals surface area contributed by atoms with Crippen LogP contribution >= 0.6 is 11.6 Å². The van der Waals surface area contributed by atoms with Crippen molar-refractivity contribution in [1.29, 1.82) is 0 Å². The zero-order chi connectivity index (χ0) is 18.0. The van der Waals surface area contributed by atoms with Crippen molar-refractivity contribution in [3.8, 4) is 0 Å². The highest BCUT2D eigenvalue weighted by molar-refractivity contribution is 6.30. The van der Waals surface area contributed by atoms with Crippen molar-refractivity contribution in [3.05, 3.63) is 63.7 Å². The molecule has 5 atom stereocenters. The van der Waals surface area contributed by atoms with Crippen LogP contribution in [0.2, 0.25) is 5.02 Å². The second-order valence-corrected chi connectivity index (χ2v) is 8.61. The minimum Gasteiger partial charge on any atom is -0.478 e. The Morgan fingerprint density at radius 2 is 1.88 bits per heavy atom. The van der Waals surface area contributed by atoms with Crippen molar-refractivity contribution in [2.75, 3.05) is 5.32 Å². The number of fused-ring (bicyclic) bond motifs is 7. The van der Waals surface area contributed by atoms with Crippen molar-refractivity contribution in [3.63, 3.8) is 0 Å². The van der Waals surface area contributed by atoms with E-state index in [0.717, 1.165) is 16.9 Å². The molecule has 2 saturated carbocycles. The van der Waals surface area contributed by atoms with Crippen LogP contribution in [0, 0.1) is 24.7 Å². The number of hydrogen-bond donors (Lipinski definition) is 2. The molecule has 0 aromatic heterocycles. The monoisotopic (exact) mass is 367 g/mol. The third-order valence-electron chi connectivity index (χ3n) is 6.87. The molecule has 2 aliphatic carbocycles. The van der Waals surface area contributed by atoms with Gasteiger partial charge in [-0.3, -0.25) is 0 Å². The topological polar surface area (TPSA) is 49.3 Å². The Labute approximate surface area is 158 Å². The van der Waals surface area contributed by atoms with Crippen molar-refractivity contribution >= 4 is 23.3 Å². The molecule has 2 fully saturated rings. The molecular formula is C22H22ClNO2. The highest BCUT2D eigenvalue weighted by atomic mass is 35.5. The summed E-state index contributed by atoms with van der Waals surface area (Å²) >= 11 is 6.39. The van der Waals surface area contributed by atoms with Crippen LogP contribution in [0.5, 0.6) is 0 Å². The second-order valence-electron chi connectivity index (χ2n) is 8.17. The lowest BCUT2D eigenvalue weighted by Crippen LogP contribution is -2.35. The second kappa shape index (κ2) is 5.75. The average Bonchev–Trinajstić information content (AvgIpc) is 3.23. The summed E-state index contributed by atoms with van der Waals surface area (Å²) in [6.07, 6.45) is 3.94. The van der Waals surface area contributed by atoms with Crippen molar-refractivity contribution < 1.29 is 9.90 Å². The van der Waals surface area contributed by atoms with Gasteiger partial charge in [-0.15, -0.1) is 0 Å². The van der Waals surface area contributed by atoms with E-state index in [9.17, 15) is 9.90 Å². The van der Waals surface area contributed by atoms with Crippen molar-refractivity contribution in [2.45, 2.75) is 38.1 Å². The van der Waals surface area contributed by atoms with E-state index in [-0.39, 0.29) is 6.04 Å². The molecule has 0 saturated heterocycles. The Hall–Kier alpha value is -2.00. The SMILES string of the molecule is Cc1cc(Cl)cc2c1NC(c1ccc(C(=O)O)cc1)C1C3CCC(C3)C21. The third kappa shape index (κ3) is 2.30. The normalized spacial score (nSPS) is 31.2. The van der Waals surface area contributed by atoms with Gasteiger partial charge in [-0.25, -0.2) is 4.79 Å². The number of aromatic carboxylic acids is 1. The van der Waals surface area contributed by atoms with E-state index >= 15 is 0 Å². The number of anilines is 1. The fraction of sp³-hybridized carbons (Fsp3) is 0.409. The van der Waals surface area contributed by atoms with Crippen LogP contribution in [-0.4, -0.2) is 11.1 Å². The molecule has 1 aliphatic heterocycles. The van der Waals surface area contributed by atoms with E-state index in [4.69, 9.17) is 11.6 Å². The molecule has 3 aliphatic rings. The summed E-state index contributed by atoms with van der Waals surface area (Å²) in [6.45, 7) is 2.12. The van der Waals surface area contributed by atoms with Gasteiger partial charge in [-0.05, 0) is 90.8 Å². The molecule has 0 amide bonds. The third-order valence-corrected chi connectivity index (χ3v) is 7.09. The van der Waals surface area contributed by atoms with Crippen LogP contribution in [-0.2, 0) is 0 Å². The van der Waals surface area contributed by atoms with Gasteiger partial charge in [0.25, 0.3) is 0 Å². The molecule has 26 heavy (non-hydrogen) atoms. The van der Waals surface area contributed by atoms with E-state index in [0.29, 0.717) is 17.4 Å². The molecule has 2 aromatic carbocycles. The maximum atomic E-state index is 11.2. The molecule has 0 spiro atoms. The van der Waals surface area contributed by atoms with Gasteiger partial charge in [0.05, 0.1) is 11.6 Å². The van der Waals surface area contributed by atoms with Gasteiger partial charge in [0.2, 0.25) is 0 Å². The van der Waals surface area contributed by atoms with Crippen molar-refractivity contribution in [1.82, 2.24) is 0 Å². The summed E-state index contributed by atoms with van der Waals surface area (Å²) in [5.74, 6) is 1.75. The highest BCUT2D eigenvalue weighted by Gasteiger charge is 2.54. The van der Waals surface area contributed by atoms with Gasteiger partial charge in [0, 0.05) is 10.7 Å². The number of rotatable bonds is 2. The Bertz CT molecular complexity index is 892. The van der Waals surface area contributed by atoms with Gasteiger partial charge in [0.15, 0.2) is 0 Å². The fourth-order valence-electron chi connectivity index (χ4n) is 5.90. The summed E-state index contributed by atoms with van der Waals surface area (Å²) in [4.78, 5) is 11.2. The van der Waals surface area contributed by atoms with Crippen LogP contribution < -0.4 is 5.32 Å². The number of carboxylic acids is 1. The molecule has 2 N–H and O–H groups in total. The summed E-state index contributed by atoms with van der Waals surface area (Å²) < 4.78 is 0. The molecule has 134 valence electrons. The predicted molar refractivity (Wildman–Crippen MR) is 103 cm³/mol. The summed E-state index contributed by atoms with van der Waals surface area (Å²) in [5, 5.41) is 13.8. The largest absolute Gasteiger partial charge is 0.478 e. The number of hydrogen-bond acceptors (Lipinski definition) is 2. The summed E-state index contributed by atoms with van der Waals surface area (Å²) in [5.41, 5.74) is 5.36. The standard InChI is InChI=1S/C22H22ClNO2/c1-11-8-16(23)10-17-18-14-6-7-15(9-14)19(18)21(24-20(11)17)12-2-4-13(5-3-12)22(25)26/h2-5,8,10,14-15,18-19,21,24H,6-7,9H2,1H3,(H,25,26). The Morgan fingerprint density at radius 1 is 1.15 bits per heavy atom. The molecule has 2 aromatic rings. The molecule has 5 unspecified atom stereocenters. The number of nitrogens with one attached hydrogen (secondary N) is 1. The van der Waals surface area contributed by atoms with Gasteiger partial charge in [0.1, 0.15) is 0 Å². The maximum absolute atomic E-state index is 11.2. The smallest absolute Gasteiger partial charge is 0.335 e. The lowest BCUT2D eigenvalue weighted by Gasteiger charge is -2.44. The number of aryl methyl sites for hydroxylation is 1. The zero-order valence-electron chi connectivity index (χ0n) is 14.7. The first kappa shape index (κ1) is 16.2. The van der Waals surface area contributed by atoms with E-state index in [1.165, 1.54) is 41.6 Å². The first-order chi connectivity index (χ1) is 12.5. The van der Waals surface area contributed by atoms with Crippen LogP contribution in [0.15, 0.2) is 36.4 Å². The lowest BCUT2D eigenvalue weighted by molar-refractivity contribution is 0.0697. The predicted octanol–water partition coefficient (Wildman–Crippen LogP) is 5.64. The minimum atomic E-state index is -0.873. The highest BCUT2D eigenvalue weighted by Crippen LogP contribution is 2.64. The Kier molecular flexibility index (Phi) is 3.58. The van der Waals surface area contributed by atoms with Gasteiger partial charge in [-0.2, -0.15) is 0 Å².